The van der Waals surface area contributed by atoms with E-state index in [-0.39, 0.29) is 29.6 Å². The van der Waals surface area contributed by atoms with Crippen LogP contribution < -0.4 is 10.6 Å². The van der Waals surface area contributed by atoms with Gasteiger partial charge in [0, 0.05) is 26.2 Å². The fourth-order valence-corrected chi connectivity index (χ4v) is 2.47. The van der Waals surface area contributed by atoms with E-state index < -0.39 is 18.0 Å². The number of carboxylic acid groups (broad SMARTS) is 1. The van der Waals surface area contributed by atoms with Crippen LogP contribution in [0.25, 0.3) is 0 Å². The van der Waals surface area contributed by atoms with Crippen molar-refractivity contribution >= 4 is 29.6 Å². The van der Waals surface area contributed by atoms with Gasteiger partial charge in [0.1, 0.15) is 18.1 Å². The van der Waals surface area contributed by atoms with Crippen LogP contribution in [0.2, 0.25) is 0 Å². The molecule has 0 aliphatic rings. The van der Waals surface area contributed by atoms with Crippen molar-refractivity contribution in [2.45, 2.75) is 6.61 Å². The summed E-state index contributed by atoms with van der Waals surface area (Å²) in [7, 11) is 3.00. The molecule has 2 aromatic heterocycles. The molecule has 0 spiro atoms. The number of benzene rings is 1. The summed E-state index contributed by atoms with van der Waals surface area (Å²) >= 11 is 0. The van der Waals surface area contributed by atoms with E-state index in [0.29, 0.717) is 0 Å². The number of carboxylic acids is 1. The van der Waals surface area contributed by atoms with Gasteiger partial charge in [-0.25, -0.2) is 9.59 Å². The first kappa shape index (κ1) is 19.6. The molecule has 0 unspecified atom stereocenters. The Labute approximate surface area is 164 Å². The number of hydrogen-bond acceptors (Lipinski definition) is 6. The van der Waals surface area contributed by atoms with E-state index in [4.69, 9.17) is 9.84 Å². The summed E-state index contributed by atoms with van der Waals surface area (Å²) in [6.07, 6.45) is -0.695. The molecule has 3 aromatic rings. The maximum absolute atomic E-state index is 12.3. The van der Waals surface area contributed by atoms with Gasteiger partial charge in [0.2, 0.25) is 0 Å². The third-order valence-corrected chi connectivity index (χ3v) is 3.90. The highest BCUT2D eigenvalue weighted by Gasteiger charge is 2.18. The summed E-state index contributed by atoms with van der Waals surface area (Å²) in [6, 6.07) is 11.8. The van der Waals surface area contributed by atoms with Gasteiger partial charge in [-0.2, -0.15) is 10.2 Å². The van der Waals surface area contributed by atoms with Crippen molar-refractivity contribution < 1.29 is 24.2 Å². The number of hydrogen-bond donors (Lipinski definition) is 3. The molecule has 0 saturated heterocycles. The molecular weight excluding hydrogens is 380 g/mol. The lowest BCUT2D eigenvalue weighted by molar-refractivity contribution is 0.0684. The van der Waals surface area contributed by atoms with E-state index in [0.717, 1.165) is 10.2 Å². The summed E-state index contributed by atoms with van der Waals surface area (Å²) in [5, 5.41) is 21.9. The monoisotopic (exact) mass is 398 g/mol. The summed E-state index contributed by atoms with van der Waals surface area (Å²) in [5.74, 6) is -1.46. The third-order valence-electron chi connectivity index (χ3n) is 3.90. The number of aryl methyl sites for hydroxylation is 2. The Morgan fingerprint density at radius 2 is 1.76 bits per heavy atom. The van der Waals surface area contributed by atoms with Crippen molar-refractivity contribution in [3.05, 3.63) is 59.4 Å². The predicted molar refractivity (Wildman–Crippen MR) is 102 cm³/mol. The normalized spacial score (nSPS) is 10.4. The van der Waals surface area contributed by atoms with Crippen LogP contribution in [0.3, 0.4) is 0 Å². The summed E-state index contributed by atoms with van der Waals surface area (Å²) in [6.45, 7) is 0.101. The lowest BCUT2D eigenvalue weighted by Crippen LogP contribution is -2.15. The van der Waals surface area contributed by atoms with E-state index >= 15 is 0 Å². The van der Waals surface area contributed by atoms with E-state index in [1.54, 1.807) is 7.05 Å². The van der Waals surface area contributed by atoms with E-state index in [1.807, 2.05) is 30.3 Å². The number of rotatable bonds is 6. The van der Waals surface area contributed by atoms with E-state index in [2.05, 4.69) is 20.8 Å². The number of aromatic nitrogens is 4. The molecule has 1 aromatic carbocycles. The van der Waals surface area contributed by atoms with Gasteiger partial charge < -0.3 is 15.2 Å². The average molecular weight is 398 g/mol. The molecule has 2 amide bonds. The Morgan fingerprint density at radius 1 is 1.03 bits per heavy atom. The minimum Gasteiger partial charge on any atom is -0.477 e. The van der Waals surface area contributed by atoms with Gasteiger partial charge in [-0.15, -0.1) is 0 Å². The fraction of sp³-hybridized carbons (Fsp3) is 0.167. The van der Waals surface area contributed by atoms with Crippen LogP contribution in [0.4, 0.5) is 16.4 Å². The first-order valence-corrected chi connectivity index (χ1v) is 8.44. The zero-order valence-electron chi connectivity index (χ0n) is 15.6. The highest BCUT2D eigenvalue weighted by atomic mass is 16.5. The number of ether oxygens (including phenoxy) is 1. The number of nitrogens with one attached hydrogen (secondary N) is 2. The Balaban J connectivity index is 1.61. The minimum absolute atomic E-state index is 0.00777. The molecule has 0 aliphatic carbocycles. The Morgan fingerprint density at radius 3 is 2.41 bits per heavy atom. The molecule has 0 saturated carbocycles. The summed E-state index contributed by atoms with van der Waals surface area (Å²) in [4.78, 5) is 35.4. The highest BCUT2D eigenvalue weighted by molar-refractivity contribution is 6.03. The molecule has 0 atom stereocenters. The quantitative estimate of drug-likeness (QED) is 0.575. The zero-order valence-corrected chi connectivity index (χ0v) is 15.6. The average Bonchev–Trinajstić information content (AvgIpc) is 3.23. The van der Waals surface area contributed by atoms with Gasteiger partial charge in [0.05, 0.1) is 0 Å². The van der Waals surface area contributed by atoms with Gasteiger partial charge in [-0.3, -0.25) is 19.5 Å². The van der Waals surface area contributed by atoms with Crippen molar-refractivity contribution in [3.63, 3.8) is 0 Å². The minimum atomic E-state index is -1.17. The Bertz CT molecular complexity index is 1060. The molecule has 0 fully saturated rings. The van der Waals surface area contributed by atoms with Crippen LogP contribution >= 0.6 is 0 Å². The van der Waals surface area contributed by atoms with Crippen molar-refractivity contribution in [3.8, 4) is 0 Å². The smallest absolute Gasteiger partial charge is 0.413 e. The van der Waals surface area contributed by atoms with Gasteiger partial charge in [-0.1, -0.05) is 30.3 Å². The number of anilines is 2. The van der Waals surface area contributed by atoms with Gasteiger partial charge in [-0.05, 0) is 5.56 Å². The van der Waals surface area contributed by atoms with Crippen molar-refractivity contribution in [2.75, 3.05) is 10.6 Å². The molecule has 29 heavy (non-hydrogen) atoms. The Kier molecular flexibility index (Phi) is 5.58. The third kappa shape index (κ3) is 4.77. The number of amides is 2. The highest BCUT2D eigenvalue weighted by Crippen LogP contribution is 2.14. The van der Waals surface area contributed by atoms with Crippen molar-refractivity contribution in [1.82, 2.24) is 19.6 Å². The SMILES string of the molecule is Cn1nc(C(=O)Nc2cc(C(=O)O)n(C)n2)cc1NC(=O)OCc1ccccc1. The van der Waals surface area contributed by atoms with Crippen LogP contribution in [0.5, 0.6) is 0 Å². The Hall–Kier alpha value is -4.15. The van der Waals surface area contributed by atoms with Crippen molar-refractivity contribution in [2.24, 2.45) is 14.1 Å². The lowest BCUT2D eigenvalue weighted by atomic mass is 10.2. The molecule has 0 aliphatic heterocycles. The topological polar surface area (TPSA) is 140 Å². The maximum atomic E-state index is 12.3. The van der Waals surface area contributed by atoms with Crippen LogP contribution in [0, 0.1) is 0 Å². The number of aromatic carboxylic acids is 1. The standard InChI is InChI=1S/C18H18N6O5/c1-23-13(17(26)27)9-14(22-23)19-16(25)12-8-15(24(2)21-12)20-18(28)29-10-11-6-4-3-5-7-11/h3-9H,10H2,1-2H3,(H,20,28)(H,26,27)(H,19,22,25). The van der Waals surface area contributed by atoms with Crippen LogP contribution in [-0.2, 0) is 25.4 Å². The number of nitrogens with zero attached hydrogens (tertiary/aromatic N) is 4. The zero-order chi connectivity index (χ0) is 21.0. The summed E-state index contributed by atoms with van der Waals surface area (Å²) in [5.41, 5.74) is 0.766. The van der Waals surface area contributed by atoms with Crippen LogP contribution in [-0.4, -0.2) is 42.6 Å². The second-order valence-corrected chi connectivity index (χ2v) is 6.02. The summed E-state index contributed by atoms with van der Waals surface area (Å²) < 4.78 is 7.57. The molecule has 2 heterocycles. The first-order chi connectivity index (χ1) is 13.8. The molecule has 11 heteroatoms. The van der Waals surface area contributed by atoms with Gasteiger partial charge in [0.15, 0.2) is 11.5 Å². The van der Waals surface area contributed by atoms with E-state index in [9.17, 15) is 14.4 Å². The molecule has 0 radical (unpaired) electrons. The van der Waals surface area contributed by atoms with Crippen molar-refractivity contribution in [1.29, 1.82) is 0 Å². The molecule has 150 valence electrons. The number of carbonyl (C=O) groups is 3. The molecule has 3 rings (SSSR count). The maximum Gasteiger partial charge on any atom is 0.413 e. The van der Waals surface area contributed by atoms with Crippen LogP contribution in [0.1, 0.15) is 26.5 Å². The number of carbonyl (C=O) groups excluding carboxylic acids is 2. The fourth-order valence-electron chi connectivity index (χ4n) is 2.47. The van der Waals surface area contributed by atoms with Crippen LogP contribution in [0.15, 0.2) is 42.5 Å². The first-order valence-electron chi connectivity index (χ1n) is 8.44. The molecule has 0 bridgehead atoms. The second kappa shape index (κ2) is 8.25. The molecular formula is C18H18N6O5. The largest absolute Gasteiger partial charge is 0.477 e. The lowest BCUT2D eigenvalue weighted by Gasteiger charge is -2.06. The molecule has 11 nitrogen and oxygen atoms in total. The van der Waals surface area contributed by atoms with Gasteiger partial charge in [0.25, 0.3) is 5.91 Å². The van der Waals surface area contributed by atoms with E-state index in [1.165, 1.54) is 23.9 Å². The second-order valence-electron chi connectivity index (χ2n) is 6.02. The molecule has 3 N–H and O–H groups in total. The predicted octanol–water partition coefficient (Wildman–Crippen LogP) is 1.85. The van der Waals surface area contributed by atoms with Gasteiger partial charge >= 0.3 is 12.1 Å².